The average molecular weight is 154 g/mol. The maximum atomic E-state index is 10.1. The molecule has 0 heterocycles. The molecule has 5 heteroatoms. The van der Waals surface area contributed by atoms with Gasteiger partial charge in [-0.05, 0) is 12.1 Å². The molecule has 1 aromatic rings. The van der Waals surface area contributed by atoms with Gasteiger partial charge in [0.15, 0.2) is 0 Å². The molecule has 0 unspecified atom stereocenters. The number of rotatable bonds is 2. The van der Waals surface area contributed by atoms with Crippen LogP contribution in [0.25, 0.3) is 0 Å². The lowest BCUT2D eigenvalue weighted by Crippen LogP contribution is -2.08. The summed E-state index contributed by atoms with van der Waals surface area (Å²) in [5, 5.41) is 19.8. The zero-order valence-corrected chi connectivity index (χ0v) is 5.39. The molecule has 0 radical (unpaired) electrons. The minimum Gasteiger partial charge on any atom is -0.664 e. The summed E-state index contributed by atoms with van der Waals surface area (Å²) in [6.07, 6.45) is 0. The van der Waals surface area contributed by atoms with Gasteiger partial charge in [-0.2, -0.15) is 0 Å². The first kappa shape index (κ1) is 7.49. The van der Waals surface area contributed by atoms with Crippen LogP contribution in [0.4, 0.5) is 5.69 Å². The molecule has 0 amide bonds. The van der Waals surface area contributed by atoms with Crippen LogP contribution in [0.1, 0.15) is 0 Å². The van der Waals surface area contributed by atoms with Crippen molar-refractivity contribution in [3.05, 3.63) is 34.4 Å². The number of nitrogens with zero attached hydrogens (tertiary/aromatic N) is 1. The number of nitro benzene ring substituents is 1. The van der Waals surface area contributed by atoms with Crippen molar-refractivity contribution in [2.45, 2.75) is 0 Å². The molecule has 0 N–H and O–H groups in total. The highest BCUT2D eigenvalue weighted by atomic mass is 17.1. The van der Waals surface area contributed by atoms with Gasteiger partial charge in [-0.1, -0.05) is 0 Å². The van der Waals surface area contributed by atoms with E-state index in [2.05, 4.69) is 4.89 Å². The van der Waals surface area contributed by atoms with Crippen molar-refractivity contribution in [2.75, 3.05) is 0 Å². The summed E-state index contributed by atoms with van der Waals surface area (Å²) in [6.45, 7) is 0. The Morgan fingerprint density at radius 2 is 1.82 bits per heavy atom. The van der Waals surface area contributed by atoms with Gasteiger partial charge in [0.1, 0.15) is 5.75 Å². The summed E-state index contributed by atoms with van der Waals surface area (Å²) in [5.74, 6) is 0.0654. The van der Waals surface area contributed by atoms with Gasteiger partial charge in [-0.25, -0.2) is 0 Å². The van der Waals surface area contributed by atoms with Gasteiger partial charge in [0.2, 0.25) is 0 Å². The van der Waals surface area contributed by atoms with E-state index in [1.165, 1.54) is 24.3 Å². The van der Waals surface area contributed by atoms with Gasteiger partial charge in [0.25, 0.3) is 5.69 Å². The Bertz CT molecular complexity index is 256. The highest BCUT2D eigenvalue weighted by Crippen LogP contribution is 2.15. The fourth-order valence-electron chi connectivity index (χ4n) is 0.623. The predicted octanol–water partition coefficient (Wildman–Crippen LogP) is 0.249. The first-order chi connectivity index (χ1) is 5.24. The molecule has 0 aliphatic heterocycles. The third-order valence-corrected chi connectivity index (χ3v) is 1.14. The number of non-ortho nitro benzene ring substituents is 1. The van der Waals surface area contributed by atoms with Crippen molar-refractivity contribution in [1.82, 2.24) is 0 Å². The molecular formula is C6H4NO4-. The summed E-state index contributed by atoms with van der Waals surface area (Å²) in [4.78, 5) is 13.1. The largest absolute Gasteiger partial charge is 0.664 e. The Labute approximate surface area is 61.9 Å². The molecule has 0 saturated carbocycles. The second-order valence-corrected chi connectivity index (χ2v) is 1.83. The fraction of sp³-hybridized carbons (Fsp3) is 0. The van der Waals surface area contributed by atoms with Crippen LogP contribution in [-0.4, -0.2) is 4.92 Å². The molecular weight excluding hydrogens is 150 g/mol. The number of hydrogen-bond donors (Lipinski definition) is 0. The van der Waals surface area contributed by atoms with Crippen molar-refractivity contribution >= 4 is 5.69 Å². The van der Waals surface area contributed by atoms with E-state index in [-0.39, 0.29) is 11.4 Å². The molecule has 0 atom stereocenters. The van der Waals surface area contributed by atoms with Gasteiger partial charge < -0.3 is 10.1 Å². The first-order valence-electron chi connectivity index (χ1n) is 2.78. The van der Waals surface area contributed by atoms with E-state index < -0.39 is 4.92 Å². The molecule has 5 nitrogen and oxygen atoms in total. The van der Waals surface area contributed by atoms with E-state index in [4.69, 9.17) is 0 Å². The van der Waals surface area contributed by atoms with Crippen LogP contribution in [0, 0.1) is 10.1 Å². The summed E-state index contributed by atoms with van der Waals surface area (Å²) < 4.78 is 0. The molecule has 0 bridgehead atoms. The summed E-state index contributed by atoms with van der Waals surface area (Å²) in [7, 11) is 0. The SMILES string of the molecule is O=[N+]([O-])c1ccc(O[O-])cc1. The third-order valence-electron chi connectivity index (χ3n) is 1.14. The Morgan fingerprint density at radius 1 is 1.27 bits per heavy atom. The zero-order chi connectivity index (χ0) is 8.27. The van der Waals surface area contributed by atoms with Crippen LogP contribution < -0.4 is 10.1 Å². The van der Waals surface area contributed by atoms with E-state index in [9.17, 15) is 15.4 Å². The van der Waals surface area contributed by atoms with Gasteiger partial charge >= 0.3 is 0 Å². The Kier molecular flexibility index (Phi) is 2.03. The van der Waals surface area contributed by atoms with Crippen molar-refractivity contribution < 1.29 is 15.1 Å². The van der Waals surface area contributed by atoms with E-state index in [1.807, 2.05) is 0 Å². The maximum Gasteiger partial charge on any atom is 0.269 e. The molecule has 0 aliphatic rings. The van der Waals surface area contributed by atoms with E-state index in [1.54, 1.807) is 0 Å². The molecule has 0 aliphatic carbocycles. The first-order valence-corrected chi connectivity index (χ1v) is 2.78. The van der Waals surface area contributed by atoms with Crippen molar-refractivity contribution in [3.8, 4) is 5.75 Å². The molecule has 58 valence electrons. The van der Waals surface area contributed by atoms with E-state index in [0.29, 0.717) is 0 Å². The summed E-state index contributed by atoms with van der Waals surface area (Å²) in [6, 6.07) is 4.89. The molecule has 0 fully saturated rings. The summed E-state index contributed by atoms with van der Waals surface area (Å²) >= 11 is 0. The minimum absolute atomic E-state index is 0.0641. The van der Waals surface area contributed by atoms with Crippen LogP contribution >= 0.6 is 0 Å². The van der Waals surface area contributed by atoms with E-state index >= 15 is 0 Å². The monoisotopic (exact) mass is 154 g/mol. The van der Waals surface area contributed by atoms with Gasteiger partial charge in [0, 0.05) is 12.1 Å². The molecule has 0 saturated heterocycles. The third kappa shape index (κ3) is 1.65. The van der Waals surface area contributed by atoms with Crippen LogP contribution in [0.5, 0.6) is 5.75 Å². The molecule has 0 aromatic heterocycles. The van der Waals surface area contributed by atoms with Crippen LogP contribution in [0.15, 0.2) is 24.3 Å². The molecule has 1 aromatic carbocycles. The zero-order valence-electron chi connectivity index (χ0n) is 5.39. The van der Waals surface area contributed by atoms with Crippen molar-refractivity contribution in [1.29, 1.82) is 0 Å². The van der Waals surface area contributed by atoms with Crippen LogP contribution in [0.3, 0.4) is 0 Å². The van der Waals surface area contributed by atoms with Gasteiger partial charge in [-0.3, -0.25) is 10.1 Å². The van der Waals surface area contributed by atoms with Crippen molar-refractivity contribution in [3.63, 3.8) is 0 Å². The normalized spacial score (nSPS) is 9.18. The minimum atomic E-state index is -0.547. The second-order valence-electron chi connectivity index (χ2n) is 1.83. The molecule has 1 rings (SSSR count). The van der Waals surface area contributed by atoms with Crippen LogP contribution in [-0.2, 0) is 0 Å². The van der Waals surface area contributed by atoms with Crippen LogP contribution in [0.2, 0.25) is 0 Å². The molecule has 0 spiro atoms. The Hall–Kier alpha value is -1.62. The summed E-state index contributed by atoms with van der Waals surface area (Å²) in [5.41, 5.74) is -0.0641. The van der Waals surface area contributed by atoms with Crippen molar-refractivity contribution in [2.24, 2.45) is 0 Å². The quantitative estimate of drug-likeness (QED) is 0.347. The standard InChI is InChI=1S/C6H5NO4/c8-7(9)5-1-3-6(11-10)4-2-5/h1-4,10H/p-1. The lowest BCUT2D eigenvalue weighted by atomic mass is 10.3. The fourth-order valence-corrected chi connectivity index (χ4v) is 0.623. The van der Waals surface area contributed by atoms with E-state index in [0.717, 1.165) is 0 Å². The smallest absolute Gasteiger partial charge is 0.269 e. The maximum absolute atomic E-state index is 10.1. The average Bonchev–Trinajstić information content (AvgIpc) is 2.05. The predicted molar refractivity (Wildman–Crippen MR) is 33.7 cm³/mol. The lowest BCUT2D eigenvalue weighted by Gasteiger charge is -2.05. The number of nitro groups is 1. The highest BCUT2D eigenvalue weighted by Gasteiger charge is 2.02. The molecule has 11 heavy (non-hydrogen) atoms. The van der Waals surface area contributed by atoms with Gasteiger partial charge in [0.05, 0.1) is 4.92 Å². The Morgan fingerprint density at radius 3 is 2.18 bits per heavy atom. The Balaban J connectivity index is 2.91. The highest BCUT2D eigenvalue weighted by molar-refractivity contribution is 5.35. The van der Waals surface area contributed by atoms with Gasteiger partial charge in [-0.15, -0.1) is 0 Å². The second kappa shape index (κ2) is 2.98. The number of hydrogen-bond acceptors (Lipinski definition) is 4. The number of benzene rings is 1. The topological polar surface area (TPSA) is 75.4 Å². The lowest BCUT2D eigenvalue weighted by molar-refractivity contribution is -0.635.